The summed E-state index contributed by atoms with van der Waals surface area (Å²) >= 11 is 0. The first-order valence-electron chi connectivity index (χ1n) is 14.7. The van der Waals surface area contributed by atoms with Crippen molar-refractivity contribution >= 4 is 5.82 Å². The van der Waals surface area contributed by atoms with E-state index in [9.17, 15) is 0 Å². The van der Waals surface area contributed by atoms with E-state index in [0.29, 0.717) is 18.7 Å². The van der Waals surface area contributed by atoms with Crippen LogP contribution in [0.4, 0.5) is 5.82 Å². The van der Waals surface area contributed by atoms with Crippen molar-refractivity contribution < 1.29 is 4.74 Å². The minimum absolute atomic E-state index is 0.201. The summed E-state index contributed by atoms with van der Waals surface area (Å²) in [6.45, 7) is 3.47. The molecule has 1 aliphatic carbocycles. The highest BCUT2D eigenvalue weighted by atomic mass is 16.5. The van der Waals surface area contributed by atoms with E-state index in [-0.39, 0.29) is 5.82 Å². The van der Waals surface area contributed by atoms with Gasteiger partial charge >= 0.3 is 0 Å². The van der Waals surface area contributed by atoms with Crippen LogP contribution >= 0.6 is 0 Å². The lowest BCUT2D eigenvalue weighted by atomic mass is 9.85. The minimum Gasteiger partial charge on any atom is -0.472 e. The number of nitriles is 1. The number of pyridine rings is 1. The monoisotopic (exact) mass is 546 g/mol. The molecule has 0 amide bonds. The second kappa shape index (κ2) is 11.3. The van der Waals surface area contributed by atoms with E-state index >= 15 is 0 Å². The predicted octanol–water partition coefficient (Wildman–Crippen LogP) is 5.75. The first-order valence-corrected chi connectivity index (χ1v) is 14.7. The second-order valence-corrected chi connectivity index (χ2v) is 11.3. The summed E-state index contributed by atoms with van der Waals surface area (Å²) < 4.78 is 8.43. The normalized spacial score (nSPS) is 17.7. The zero-order chi connectivity index (χ0) is 27.6. The molecule has 0 bridgehead atoms. The third-order valence-corrected chi connectivity index (χ3v) is 8.70. The van der Waals surface area contributed by atoms with Gasteiger partial charge in [0.15, 0.2) is 6.73 Å². The average molecular weight is 547 g/mol. The van der Waals surface area contributed by atoms with E-state index in [1.807, 2.05) is 24.4 Å². The molecule has 3 aliphatic rings. The van der Waals surface area contributed by atoms with Gasteiger partial charge in [0.1, 0.15) is 23.5 Å². The molecule has 2 fully saturated rings. The van der Waals surface area contributed by atoms with Gasteiger partial charge in [0.05, 0.1) is 17.0 Å². The molecule has 9 heteroatoms. The fourth-order valence-electron chi connectivity index (χ4n) is 6.58. The number of nitrogens with one attached hydrogen (secondary N) is 1. The molecule has 0 atom stereocenters. The van der Waals surface area contributed by atoms with Gasteiger partial charge in [-0.3, -0.25) is 14.5 Å². The Labute approximate surface area is 240 Å². The minimum atomic E-state index is 0.201. The first kappa shape index (κ1) is 25.7. The van der Waals surface area contributed by atoms with E-state index in [0.717, 1.165) is 61.1 Å². The summed E-state index contributed by atoms with van der Waals surface area (Å²) in [6, 6.07) is 15.1. The molecule has 2 aliphatic heterocycles. The Hall–Kier alpha value is -4.29. The molecule has 0 spiro atoms. The van der Waals surface area contributed by atoms with Crippen LogP contribution in [0.2, 0.25) is 0 Å². The summed E-state index contributed by atoms with van der Waals surface area (Å²) in [6.07, 6.45) is 13.6. The largest absolute Gasteiger partial charge is 0.472 e. The third-order valence-electron chi connectivity index (χ3n) is 8.70. The summed E-state index contributed by atoms with van der Waals surface area (Å²) in [7, 11) is 0. The standard InChI is InChI=1S/C32H34N8O/c33-18-29-35-15-11-28(37-29)36-25-12-16-39(17-13-25)20-22-6-8-23(9-7-22)30-31(24-4-2-1-3-5-24)40-21-41-27-10-14-34-19-26(27)32(40)38-30/h6-11,14-15,19,24-25H,1-5,12-13,16-17,20-21H2,(H,35,36,37). The lowest BCUT2D eigenvalue weighted by molar-refractivity contribution is 0.211. The van der Waals surface area contributed by atoms with Crippen molar-refractivity contribution in [1.29, 1.82) is 5.26 Å². The van der Waals surface area contributed by atoms with Crippen molar-refractivity contribution in [1.82, 2.24) is 29.4 Å². The summed E-state index contributed by atoms with van der Waals surface area (Å²) in [5.41, 5.74) is 5.88. The molecule has 1 saturated carbocycles. The van der Waals surface area contributed by atoms with Gasteiger partial charge in [0.2, 0.25) is 5.82 Å². The maximum atomic E-state index is 9.05. The van der Waals surface area contributed by atoms with Crippen molar-refractivity contribution in [3.05, 3.63) is 72.1 Å². The molecule has 5 heterocycles. The smallest absolute Gasteiger partial charge is 0.234 e. The number of fused-ring (bicyclic) bond motifs is 3. The SMILES string of the molecule is N#Cc1nccc(NC2CCN(Cc3ccc(-c4nc5n(c4C4CCCCC4)COc4ccncc4-5)cc3)CC2)n1. The van der Waals surface area contributed by atoms with Gasteiger partial charge in [-0.15, -0.1) is 0 Å². The topological polar surface area (TPSA) is 105 Å². The van der Waals surface area contributed by atoms with E-state index in [2.05, 4.69) is 54.0 Å². The molecule has 0 unspecified atom stereocenters. The average Bonchev–Trinajstić information content (AvgIpc) is 3.43. The molecule has 1 saturated heterocycles. The maximum Gasteiger partial charge on any atom is 0.234 e. The highest BCUT2D eigenvalue weighted by molar-refractivity contribution is 5.72. The molecule has 1 aromatic carbocycles. The fraction of sp³-hybridized carbons (Fsp3) is 0.406. The van der Waals surface area contributed by atoms with Gasteiger partial charge in [-0.1, -0.05) is 43.5 Å². The van der Waals surface area contributed by atoms with Gasteiger partial charge in [-0.05, 0) is 43.4 Å². The van der Waals surface area contributed by atoms with Crippen molar-refractivity contribution in [2.75, 3.05) is 18.4 Å². The number of benzene rings is 1. The Morgan fingerprint density at radius 3 is 2.59 bits per heavy atom. The van der Waals surface area contributed by atoms with Gasteiger partial charge in [0, 0.05) is 55.7 Å². The van der Waals surface area contributed by atoms with E-state index in [1.54, 1.807) is 12.4 Å². The zero-order valence-electron chi connectivity index (χ0n) is 23.2. The number of likely N-dealkylation sites (tertiary alicyclic amines) is 1. The molecular weight excluding hydrogens is 512 g/mol. The maximum absolute atomic E-state index is 9.05. The zero-order valence-corrected chi connectivity index (χ0v) is 23.2. The van der Waals surface area contributed by atoms with Gasteiger partial charge in [-0.25, -0.2) is 15.0 Å². The first-order chi connectivity index (χ1) is 20.2. The lowest BCUT2D eigenvalue weighted by Crippen LogP contribution is -2.38. The summed E-state index contributed by atoms with van der Waals surface area (Å²) in [5, 5.41) is 12.5. The second-order valence-electron chi connectivity index (χ2n) is 11.3. The summed E-state index contributed by atoms with van der Waals surface area (Å²) in [4.78, 5) is 20.3. The Morgan fingerprint density at radius 2 is 1.78 bits per heavy atom. The van der Waals surface area contributed by atoms with E-state index in [1.165, 1.54) is 48.9 Å². The molecule has 9 nitrogen and oxygen atoms in total. The highest BCUT2D eigenvalue weighted by Gasteiger charge is 2.30. The number of piperidine rings is 1. The van der Waals surface area contributed by atoms with Crippen molar-refractivity contribution in [2.45, 2.75) is 70.2 Å². The molecule has 0 radical (unpaired) electrons. The molecule has 3 aromatic heterocycles. The van der Waals surface area contributed by atoms with Crippen molar-refractivity contribution in [2.24, 2.45) is 0 Å². The van der Waals surface area contributed by atoms with Crippen molar-refractivity contribution in [3.63, 3.8) is 0 Å². The van der Waals surface area contributed by atoms with Crippen LogP contribution in [0.25, 0.3) is 22.6 Å². The van der Waals surface area contributed by atoms with Gasteiger partial charge < -0.3 is 10.1 Å². The highest BCUT2D eigenvalue weighted by Crippen LogP contribution is 2.43. The van der Waals surface area contributed by atoms with Crippen LogP contribution in [0.15, 0.2) is 55.0 Å². The predicted molar refractivity (Wildman–Crippen MR) is 156 cm³/mol. The van der Waals surface area contributed by atoms with Gasteiger partial charge in [0.25, 0.3) is 0 Å². The van der Waals surface area contributed by atoms with Crippen LogP contribution < -0.4 is 10.1 Å². The van der Waals surface area contributed by atoms with Crippen LogP contribution in [-0.4, -0.2) is 48.5 Å². The summed E-state index contributed by atoms with van der Waals surface area (Å²) in [5.74, 6) is 3.27. The molecule has 4 aromatic rings. The van der Waals surface area contributed by atoms with Crippen LogP contribution in [0.3, 0.4) is 0 Å². The number of rotatable bonds is 6. The number of anilines is 1. The number of hydrogen-bond acceptors (Lipinski definition) is 8. The van der Waals surface area contributed by atoms with Crippen LogP contribution in [0, 0.1) is 11.3 Å². The Balaban J connectivity index is 1.06. The third kappa shape index (κ3) is 5.27. The number of nitrogens with zero attached hydrogens (tertiary/aromatic N) is 7. The number of imidazole rings is 1. The lowest BCUT2D eigenvalue weighted by Gasteiger charge is -2.32. The number of hydrogen-bond donors (Lipinski definition) is 1. The van der Waals surface area contributed by atoms with Crippen LogP contribution in [-0.2, 0) is 13.3 Å². The van der Waals surface area contributed by atoms with E-state index < -0.39 is 0 Å². The van der Waals surface area contributed by atoms with Gasteiger partial charge in [-0.2, -0.15) is 5.26 Å². The Kier molecular flexibility index (Phi) is 7.07. The van der Waals surface area contributed by atoms with Crippen molar-refractivity contribution in [3.8, 4) is 34.5 Å². The van der Waals surface area contributed by atoms with E-state index in [4.69, 9.17) is 15.0 Å². The van der Waals surface area contributed by atoms with Crippen LogP contribution in [0.5, 0.6) is 5.75 Å². The Morgan fingerprint density at radius 1 is 0.951 bits per heavy atom. The molecule has 1 N–H and O–H groups in total. The quantitative estimate of drug-likeness (QED) is 0.326. The Bertz CT molecular complexity index is 1560. The number of ether oxygens (including phenoxy) is 1. The van der Waals surface area contributed by atoms with Crippen LogP contribution in [0.1, 0.15) is 67.9 Å². The molecule has 41 heavy (non-hydrogen) atoms. The molecular formula is C32H34N8O. The molecule has 208 valence electrons. The number of aromatic nitrogens is 5. The fourth-order valence-corrected chi connectivity index (χ4v) is 6.58. The molecule has 7 rings (SSSR count).